The highest BCUT2D eigenvalue weighted by Gasteiger charge is 2.27. The van der Waals surface area contributed by atoms with Crippen LogP contribution in [0.25, 0.3) is 0 Å². The van der Waals surface area contributed by atoms with Gasteiger partial charge in [-0.2, -0.15) is 8.61 Å². The first kappa shape index (κ1) is 24.8. The van der Waals surface area contributed by atoms with Crippen LogP contribution in [0.3, 0.4) is 0 Å². The van der Waals surface area contributed by atoms with Crippen LogP contribution < -0.4 is 5.32 Å². The average molecular weight is 508 g/mol. The van der Waals surface area contributed by atoms with E-state index in [9.17, 15) is 21.6 Å². The molecule has 2 aromatic carbocycles. The minimum Gasteiger partial charge on any atom is -0.379 e. The van der Waals surface area contributed by atoms with Gasteiger partial charge in [-0.15, -0.1) is 0 Å². The highest BCUT2D eigenvalue weighted by atomic mass is 32.2. The van der Waals surface area contributed by atoms with Crippen molar-refractivity contribution in [2.45, 2.75) is 29.1 Å². The third kappa shape index (κ3) is 5.49. The molecule has 4 rings (SSSR count). The fraction of sp³-hybridized carbons (Fsp3) is 0.435. The third-order valence-corrected chi connectivity index (χ3v) is 9.83. The average Bonchev–Trinajstić information content (AvgIpc) is 2.88. The molecule has 2 aromatic rings. The molecule has 0 aliphatic carbocycles. The fourth-order valence-electron chi connectivity index (χ4n) is 4.05. The second kappa shape index (κ2) is 10.5. The number of piperidine rings is 1. The molecule has 0 bridgehead atoms. The number of Topliss-reactive ketones (excluding diaryl/α,β-unsaturated/α-hetero) is 1. The molecule has 184 valence electrons. The van der Waals surface area contributed by atoms with Gasteiger partial charge in [-0.05, 0) is 49.2 Å². The molecule has 0 radical (unpaired) electrons. The van der Waals surface area contributed by atoms with Crippen molar-refractivity contribution < 1.29 is 26.4 Å². The van der Waals surface area contributed by atoms with Gasteiger partial charge < -0.3 is 10.1 Å². The van der Waals surface area contributed by atoms with E-state index in [2.05, 4.69) is 5.32 Å². The van der Waals surface area contributed by atoms with Gasteiger partial charge in [0.15, 0.2) is 5.78 Å². The van der Waals surface area contributed by atoms with Crippen LogP contribution in [0.2, 0.25) is 0 Å². The molecule has 0 saturated carbocycles. The van der Waals surface area contributed by atoms with Gasteiger partial charge >= 0.3 is 0 Å². The molecule has 0 aromatic heterocycles. The first-order valence-electron chi connectivity index (χ1n) is 11.3. The second-order valence-corrected chi connectivity index (χ2v) is 12.2. The maximum atomic E-state index is 12.9. The predicted octanol–water partition coefficient (Wildman–Crippen LogP) is 2.18. The van der Waals surface area contributed by atoms with Crippen LogP contribution in [0.15, 0.2) is 58.3 Å². The Kier molecular flexibility index (Phi) is 7.68. The molecule has 0 unspecified atom stereocenters. The number of sulfonamides is 2. The lowest BCUT2D eigenvalue weighted by atomic mass is 10.1. The van der Waals surface area contributed by atoms with E-state index < -0.39 is 20.0 Å². The molecular weight excluding hydrogens is 478 g/mol. The van der Waals surface area contributed by atoms with Crippen molar-refractivity contribution >= 4 is 31.5 Å². The summed E-state index contributed by atoms with van der Waals surface area (Å²) in [6, 6.07) is 12.3. The second-order valence-electron chi connectivity index (χ2n) is 8.31. The number of nitrogens with zero attached hydrogens (tertiary/aromatic N) is 2. The van der Waals surface area contributed by atoms with Gasteiger partial charge in [0.1, 0.15) is 0 Å². The Morgan fingerprint density at radius 2 is 1.41 bits per heavy atom. The number of rotatable bonds is 8. The van der Waals surface area contributed by atoms with Crippen LogP contribution in [-0.2, 0) is 24.8 Å². The molecule has 0 atom stereocenters. The molecular formula is C23H29N3O6S2. The summed E-state index contributed by atoms with van der Waals surface area (Å²) in [5, 5.41) is 2.99. The third-order valence-electron chi connectivity index (χ3n) is 6.02. The maximum Gasteiger partial charge on any atom is 0.243 e. The fourth-order valence-corrected chi connectivity index (χ4v) is 7.02. The molecule has 2 fully saturated rings. The lowest BCUT2D eigenvalue weighted by Crippen LogP contribution is -2.40. The lowest BCUT2D eigenvalue weighted by molar-refractivity contribution is 0.0730. The zero-order chi connectivity index (χ0) is 24.2. The van der Waals surface area contributed by atoms with Gasteiger partial charge in [0.25, 0.3) is 0 Å². The molecule has 34 heavy (non-hydrogen) atoms. The molecule has 2 heterocycles. The summed E-state index contributed by atoms with van der Waals surface area (Å²) in [6.45, 7) is 2.28. The van der Waals surface area contributed by atoms with Gasteiger partial charge in [-0.25, -0.2) is 16.8 Å². The van der Waals surface area contributed by atoms with Gasteiger partial charge in [0, 0.05) is 37.4 Å². The number of ether oxygens (including phenoxy) is 1. The van der Waals surface area contributed by atoms with E-state index in [0.717, 1.165) is 19.3 Å². The first-order valence-corrected chi connectivity index (χ1v) is 14.2. The Labute approximate surface area is 200 Å². The van der Waals surface area contributed by atoms with Crippen LogP contribution in [0.1, 0.15) is 29.6 Å². The summed E-state index contributed by atoms with van der Waals surface area (Å²) in [5.74, 6) is -0.274. The van der Waals surface area contributed by atoms with Gasteiger partial charge in [-0.3, -0.25) is 4.79 Å². The highest BCUT2D eigenvalue weighted by Crippen LogP contribution is 2.22. The zero-order valence-electron chi connectivity index (χ0n) is 18.9. The Bertz CT molecular complexity index is 1220. The predicted molar refractivity (Wildman–Crippen MR) is 128 cm³/mol. The van der Waals surface area contributed by atoms with Crippen molar-refractivity contribution in [3.63, 3.8) is 0 Å². The summed E-state index contributed by atoms with van der Waals surface area (Å²) in [4.78, 5) is 13.0. The number of hydrogen-bond acceptors (Lipinski definition) is 7. The van der Waals surface area contributed by atoms with Crippen molar-refractivity contribution in [1.29, 1.82) is 0 Å². The number of anilines is 1. The number of nitrogens with one attached hydrogen (secondary N) is 1. The monoisotopic (exact) mass is 507 g/mol. The van der Waals surface area contributed by atoms with Crippen molar-refractivity contribution in [3.8, 4) is 0 Å². The molecule has 1 N–H and O–H groups in total. The Hall–Kier alpha value is -2.31. The van der Waals surface area contributed by atoms with Crippen LogP contribution >= 0.6 is 0 Å². The van der Waals surface area contributed by atoms with E-state index in [1.165, 1.54) is 32.9 Å². The van der Waals surface area contributed by atoms with E-state index in [-0.39, 0.29) is 40.8 Å². The van der Waals surface area contributed by atoms with Gasteiger partial charge in [0.05, 0.1) is 29.5 Å². The van der Waals surface area contributed by atoms with Gasteiger partial charge in [-0.1, -0.05) is 18.6 Å². The maximum absolute atomic E-state index is 12.9. The zero-order valence-corrected chi connectivity index (χ0v) is 20.5. The van der Waals surface area contributed by atoms with E-state index in [1.54, 1.807) is 24.3 Å². The van der Waals surface area contributed by atoms with E-state index in [4.69, 9.17) is 4.74 Å². The van der Waals surface area contributed by atoms with E-state index >= 15 is 0 Å². The lowest BCUT2D eigenvalue weighted by Gasteiger charge is -2.26. The molecule has 11 heteroatoms. The summed E-state index contributed by atoms with van der Waals surface area (Å²) < 4.78 is 59.3. The Morgan fingerprint density at radius 1 is 0.794 bits per heavy atom. The largest absolute Gasteiger partial charge is 0.379 e. The van der Waals surface area contributed by atoms with Gasteiger partial charge in [0.2, 0.25) is 20.0 Å². The number of carbonyl (C=O) groups is 1. The Balaban J connectivity index is 1.40. The number of morpholine rings is 1. The number of hydrogen-bond donors (Lipinski definition) is 1. The minimum absolute atomic E-state index is 0.0563. The van der Waals surface area contributed by atoms with Crippen molar-refractivity contribution in [1.82, 2.24) is 8.61 Å². The van der Waals surface area contributed by atoms with Crippen molar-refractivity contribution in [2.75, 3.05) is 51.3 Å². The molecule has 0 spiro atoms. The van der Waals surface area contributed by atoms with Crippen LogP contribution in [0.4, 0.5) is 5.69 Å². The smallest absolute Gasteiger partial charge is 0.243 e. The molecule has 2 aliphatic rings. The van der Waals surface area contributed by atoms with Crippen LogP contribution in [0, 0.1) is 0 Å². The summed E-state index contributed by atoms with van der Waals surface area (Å²) in [6.07, 6.45) is 2.79. The summed E-state index contributed by atoms with van der Waals surface area (Å²) in [5.41, 5.74) is 0.883. The summed E-state index contributed by atoms with van der Waals surface area (Å²) in [7, 11) is -7.20. The SMILES string of the molecule is O=C(CNc1ccc(S(=O)(=O)N2CCCCC2)cc1)c1cccc(S(=O)(=O)N2CCOCC2)c1. The quantitative estimate of drug-likeness (QED) is 0.545. The van der Waals surface area contributed by atoms with Crippen molar-refractivity contribution in [3.05, 3.63) is 54.1 Å². The highest BCUT2D eigenvalue weighted by molar-refractivity contribution is 7.89. The number of benzene rings is 2. The minimum atomic E-state index is -3.69. The first-order chi connectivity index (χ1) is 16.3. The normalized spacial score (nSPS) is 18.5. The number of ketones is 1. The number of carbonyl (C=O) groups excluding carboxylic acids is 1. The van der Waals surface area contributed by atoms with E-state index in [1.807, 2.05) is 0 Å². The molecule has 9 nitrogen and oxygen atoms in total. The summed E-state index contributed by atoms with van der Waals surface area (Å²) >= 11 is 0. The van der Waals surface area contributed by atoms with Crippen LogP contribution in [-0.4, -0.2) is 77.2 Å². The van der Waals surface area contributed by atoms with Crippen LogP contribution in [0.5, 0.6) is 0 Å². The van der Waals surface area contributed by atoms with Crippen molar-refractivity contribution in [2.24, 2.45) is 0 Å². The van der Waals surface area contributed by atoms with E-state index in [0.29, 0.717) is 32.0 Å². The standard InChI is InChI=1S/C23H29N3O6S2/c27-23(19-5-4-6-22(17-19)34(30,31)26-13-15-32-16-14-26)18-24-20-7-9-21(10-8-20)33(28,29)25-11-2-1-3-12-25/h4-10,17,24H,1-3,11-16,18H2. The topological polar surface area (TPSA) is 113 Å². The molecule has 0 amide bonds. The Morgan fingerprint density at radius 3 is 2.09 bits per heavy atom. The molecule has 2 saturated heterocycles. The molecule has 2 aliphatic heterocycles.